The number of carbonyl (C=O) groups is 2. The Morgan fingerprint density at radius 3 is 2.13 bits per heavy atom. The van der Waals surface area contributed by atoms with Crippen LogP contribution in [0.3, 0.4) is 0 Å². The van der Waals surface area contributed by atoms with Crippen LogP contribution >= 0.6 is 63.7 Å². The Labute approximate surface area is 167 Å². The smallest absolute Gasteiger partial charge is 0.283 e. The van der Waals surface area contributed by atoms with Crippen molar-refractivity contribution in [2.75, 3.05) is 13.1 Å². The third-order valence-electron chi connectivity index (χ3n) is 1.85. The highest BCUT2D eigenvalue weighted by Crippen LogP contribution is 2.06. The lowest BCUT2D eigenvalue weighted by molar-refractivity contribution is -0.125. The number of nitrogens with one attached hydrogen (secondary N) is 1. The largest absolute Gasteiger partial charge is 0.311 e. The molecule has 0 unspecified atom stereocenters. The van der Waals surface area contributed by atoms with E-state index in [1.165, 1.54) is 0 Å². The number of aryl methyl sites for hydroxylation is 1. The van der Waals surface area contributed by atoms with E-state index in [2.05, 4.69) is 74.0 Å². The Morgan fingerprint density at radius 1 is 1.30 bits per heavy atom. The van der Waals surface area contributed by atoms with Gasteiger partial charge in [0.1, 0.15) is 4.60 Å². The number of carbonyl (C=O) groups excluding carboxylic acids is 2. The van der Waals surface area contributed by atoms with Gasteiger partial charge < -0.3 is 9.88 Å². The van der Waals surface area contributed by atoms with E-state index in [4.69, 9.17) is 5.26 Å². The number of aromatic nitrogens is 2. The average molecular weight is 582 g/mol. The first-order chi connectivity index (χ1) is 10.7. The zero-order valence-electron chi connectivity index (χ0n) is 12.3. The summed E-state index contributed by atoms with van der Waals surface area (Å²) in [6, 6.07) is 1.96. The lowest BCUT2D eigenvalue weighted by Crippen LogP contribution is -2.20. The molecular formula is C12H14Br4N4O3. The lowest BCUT2D eigenvalue weighted by atomic mass is 10.6. The molecule has 0 bridgehead atoms. The molecule has 0 fully saturated rings. The first-order valence-corrected chi connectivity index (χ1v) is 9.27. The highest BCUT2D eigenvalue weighted by Gasteiger charge is 2.01. The van der Waals surface area contributed by atoms with Crippen molar-refractivity contribution in [3.63, 3.8) is 0 Å². The molecule has 0 aliphatic heterocycles. The fourth-order valence-electron chi connectivity index (χ4n) is 0.892. The zero-order valence-corrected chi connectivity index (χ0v) is 18.6. The molecule has 0 spiro atoms. The first-order valence-electron chi connectivity index (χ1n) is 6.10. The number of rotatable bonds is 4. The van der Waals surface area contributed by atoms with Gasteiger partial charge in [-0.1, -0.05) is 6.92 Å². The minimum absolute atomic E-state index is 0.101. The second kappa shape index (κ2) is 15.1. The van der Waals surface area contributed by atoms with Gasteiger partial charge in [0, 0.05) is 44.6 Å². The van der Waals surface area contributed by atoms with Crippen LogP contribution in [0.4, 0.5) is 0 Å². The van der Waals surface area contributed by atoms with Gasteiger partial charge in [0.05, 0.1) is 12.6 Å². The lowest BCUT2D eigenvalue weighted by Gasteiger charge is -2.01. The fourth-order valence-corrected chi connectivity index (χ4v) is 1.97. The normalized spacial score (nSPS) is 8.74. The van der Waals surface area contributed by atoms with Gasteiger partial charge in [0.15, 0.2) is 4.60 Å². The summed E-state index contributed by atoms with van der Waals surface area (Å²) in [5.41, 5.74) is -0.101. The molecule has 11 heteroatoms. The minimum Gasteiger partial charge on any atom is -0.311 e. The molecule has 7 nitrogen and oxygen atoms in total. The zero-order chi connectivity index (χ0) is 18.4. The summed E-state index contributed by atoms with van der Waals surface area (Å²) in [6.07, 6.45) is 1.66. The standard InChI is InChI=1S/C6H6Br2N2O.C4H8N2.C2Br2O2/c1-2-10-3-4(7)9-5(8)6(10)11;1-2-6-4-3-5;3-1(5)2(4)6/h3H,2H2,1H3;6H,2,4H2,1H3;. The molecule has 23 heavy (non-hydrogen) atoms. The molecule has 128 valence electrons. The van der Waals surface area contributed by atoms with Gasteiger partial charge in [-0.15, -0.1) is 0 Å². The maximum absolute atomic E-state index is 11.2. The maximum Gasteiger partial charge on any atom is 0.283 e. The quantitative estimate of drug-likeness (QED) is 0.254. The van der Waals surface area contributed by atoms with Gasteiger partial charge in [0.25, 0.3) is 14.9 Å². The van der Waals surface area contributed by atoms with E-state index < -0.39 is 9.39 Å². The summed E-state index contributed by atoms with van der Waals surface area (Å²) >= 11 is 11.1. The molecule has 0 amide bonds. The molecule has 0 aliphatic carbocycles. The Balaban J connectivity index is 0. The second-order valence-electron chi connectivity index (χ2n) is 3.43. The highest BCUT2D eigenvalue weighted by molar-refractivity contribution is 9.24. The Kier molecular flexibility index (Phi) is 16.3. The molecule has 1 N–H and O–H groups in total. The molecule has 1 aromatic rings. The molecule has 0 radical (unpaired) electrons. The van der Waals surface area contributed by atoms with E-state index in [0.717, 1.165) is 6.54 Å². The van der Waals surface area contributed by atoms with Crippen molar-refractivity contribution in [3.05, 3.63) is 25.8 Å². The van der Waals surface area contributed by atoms with E-state index in [-0.39, 0.29) is 5.56 Å². The Bertz CT molecular complexity index is 601. The van der Waals surface area contributed by atoms with Crippen molar-refractivity contribution in [1.29, 1.82) is 5.26 Å². The van der Waals surface area contributed by atoms with Gasteiger partial charge in [-0.25, -0.2) is 4.98 Å². The van der Waals surface area contributed by atoms with Crippen molar-refractivity contribution in [2.24, 2.45) is 0 Å². The summed E-state index contributed by atoms with van der Waals surface area (Å²) < 4.78 is 1.27. The van der Waals surface area contributed by atoms with Crippen LogP contribution in [-0.2, 0) is 16.1 Å². The third-order valence-corrected chi connectivity index (χ3v) is 4.00. The molecule has 0 saturated carbocycles. The van der Waals surface area contributed by atoms with E-state index in [1.807, 2.05) is 19.9 Å². The first kappa shape index (κ1) is 24.8. The summed E-state index contributed by atoms with van der Waals surface area (Å²) in [5, 5.41) is 10.7. The number of nitrogens with zero attached hydrogens (tertiary/aromatic N) is 3. The van der Waals surface area contributed by atoms with Crippen LogP contribution in [0.1, 0.15) is 13.8 Å². The summed E-state index contributed by atoms with van der Waals surface area (Å²) in [5.74, 6) is 0. The van der Waals surface area contributed by atoms with Crippen molar-refractivity contribution in [2.45, 2.75) is 20.4 Å². The topological polar surface area (TPSA) is 105 Å². The van der Waals surface area contributed by atoms with Crippen LogP contribution < -0.4 is 10.9 Å². The van der Waals surface area contributed by atoms with Crippen LogP contribution in [0.5, 0.6) is 0 Å². The predicted octanol–water partition coefficient (Wildman–Crippen LogP) is 2.74. The highest BCUT2D eigenvalue weighted by atomic mass is 79.9. The molecule has 1 rings (SSSR count). The van der Waals surface area contributed by atoms with E-state index in [0.29, 0.717) is 22.3 Å². The molecule has 1 aromatic heterocycles. The Morgan fingerprint density at radius 2 is 1.83 bits per heavy atom. The van der Waals surface area contributed by atoms with Gasteiger partial charge in [-0.3, -0.25) is 14.4 Å². The second-order valence-corrected chi connectivity index (χ2v) is 6.44. The van der Waals surface area contributed by atoms with Crippen molar-refractivity contribution < 1.29 is 9.59 Å². The molecule has 0 aromatic carbocycles. The Hall–Kier alpha value is -0.410. The van der Waals surface area contributed by atoms with Crippen LogP contribution in [0.2, 0.25) is 0 Å². The summed E-state index contributed by atoms with van der Waals surface area (Å²) in [4.78, 5) is 34.4. The SMILES string of the molecule is CCNCC#N.CCn1cc(Br)nc(Br)c1=O.O=C(Br)C(=O)Br. The van der Waals surface area contributed by atoms with Crippen molar-refractivity contribution >= 4 is 73.1 Å². The van der Waals surface area contributed by atoms with Crippen LogP contribution in [0.25, 0.3) is 0 Å². The molecule has 0 atom stereocenters. The van der Waals surface area contributed by atoms with Crippen molar-refractivity contribution in [3.8, 4) is 6.07 Å². The van der Waals surface area contributed by atoms with E-state index in [1.54, 1.807) is 10.8 Å². The molecular weight excluding hydrogens is 568 g/mol. The molecule has 0 aliphatic rings. The van der Waals surface area contributed by atoms with Crippen LogP contribution in [0.15, 0.2) is 20.2 Å². The minimum atomic E-state index is -0.650. The monoisotopic (exact) mass is 578 g/mol. The average Bonchev–Trinajstić information content (AvgIpc) is 2.49. The summed E-state index contributed by atoms with van der Waals surface area (Å²) in [7, 11) is 0. The number of nitriles is 1. The van der Waals surface area contributed by atoms with Gasteiger partial charge in [-0.2, -0.15) is 5.26 Å². The predicted molar refractivity (Wildman–Crippen MR) is 102 cm³/mol. The van der Waals surface area contributed by atoms with Crippen LogP contribution in [-0.4, -0.2) is 32.0 Å². The molecule has 1 heterocycles. The van der Waals surface area contributed by atoms with E-state index >= 15 is 0 Å². The fraction of sp³-hybridized carbons (Fsp3) is 0.417. The van der Waals surface area contributed by atoms with Gasteiger partial charge in [0.2, 0.25) is 0 Å². The van der Waals surface area contributed by atoms with Gasteiger partial charge >= 0.3 is 0 Å². The molecule has 0 saturated heterocycles. The maximum atomic E-state index is 11.2. The van der Waals surface area contributed by atoms with E-state index in [9.17, 15) is 14.4 Å². The van der Waals surface area contributed by atoms with Gasteiger partial charge in [-0.05, 0) is 45.3 Å². The number of hydrogen-bond acceptors (Lipinski definition) is 6. The summed E-state index contributed by atoms with van der Waals surface area (Å²) in [6.45, 7) is 5.88. The number of hydrogen-bond donors (Lipinski definition) is 1. The third kappa shape index (κ3) is 13.7. The van der Waals surface area contributed by atoms with Crippen LogP contribution in [0, 0.1) is 11.3 Å². The van der Waals surface area contributed by atoms with Crippen molar-refractivity contribution in [1.82, 2.24) is 14.9 Å². The number of halogens is 4.